The third-order valence-electron chi connectivity index (χ3n) is 5.20. The maximum absolute atomic E-state index is 13.4. The average Bonchev–Trinajstić information content (AvgIpc) is 3.00. The van der Waals surface area contributed by atoms with Crippen LogP contribution in [0.3, 0.4) is 0 Å². The fraction of sp³-hybridized carbons (Fsp3) is 0.174. The van der Waals surface area contributed by atoms with E-state index in [4.69, 9.17) is 23.2 Å². The molecule has 2 N–H and O–H groups in total. The minimum atomic E-state index is -0.271. The number of fused-ring (bicyclic) bond motifs is 1. The third kappa shape index (κ3) is 4.09. The predicted octanol–water partition coefficient (Wildman–Crippen LogP) is 7.02. The van der Waals surface area contributed by atoms with E-state index in [0.29, 0.717) is 16.5 Å². The minimum absolute atomic E-state index is 0.154. The van der Waals surface area contributed by atoms with Gasteiger partial charge >= 0.3 is 0 Å². The molecule has 1 unspecified atom stereocenters. The van der Waals surface area contributed by atoms with Gasteiger partial charge in [0.05, 0.1) is 27.3 Å². The van der Waals surface area contributed by atoms with Crippen LogP contribution < -0.4 is 5.32 Å². The molecule has 0 radical (unpaired) electrons. The Bertz CT molecular complexity index is 1170. The molecule has 6 heteroatoms. The van der Waals surface area contributed by atoms with Crippen LogP contribution >= 0.6 is 23.2 Å². The van der Waals surface area contributed by atoms with Gasteiger partial charge in [0, 0.05) is 23.0 Å². The highest BCUT2D eigenvalue weighted by Gasteiger charge is 2.20. The zero-order chi connectivity index (χ0) is 20.5. The van der Waals surface area contributed by atoms with Gasteiger partial charge in [0.2, 0.25) is 0 Å². The Hall–Kier alpha value is -2.56. The molecule has 0 aliphatic heterocycles. The largest absolute Gasteiger partial charge is 0.376 e. The highest BCUT2D eigenvalue weighted by molar-refractivity contribution is 6.42. The number of aryl methyl sites for hydroxylation is 2. The van der Waals surface area contributed by atoms with E-state index in [2.05, 4.69) is 29.1 Å². The molecule has 0 aliphatic carbocycles. The van der Waals surface area contributed by atoms with Crippen molar-refractivity contribution in [2.45, 2.75) is 26.3 Å². The number of benzene rings is 2. The Morgan fingerprint density at radius 3 is 2.52 bits per heavy atom. The summed E-state index contributed by atoms with van der Waals surface area (Å²) in [6.45, 7) is 4.15. The fourth-order valence-electron chi connectivity index (χ4n) is 3.53. The molecule has 0 amide bonds. The summed E-state index contributed by atoms with van der Waals surface area (Å²) in [6, 6.07) is 13.8. The quantitative estimate of drug-likeness (QED) is 0.359. The van der Waals surface area contributed by atoms with Crippen LogP contribution in [0.1, 0.15) is 28.6 Å². The van der Waals surface area contributed by atoms with Crippen molar-refractivity contribution in [2.75, 3.05) is 5.32 Å². The lowest BCUT2D eigenvalue weighted by Crippen LogP contribution is -2.16. The summed E-state index contributed by atoms with van der Waals surface area (Å²) in [4.78, 5) is 8.15. The van der Waals surface area contributed by atoms with E-state index in [1.807, 2.05) is 24.4 Å². The van der Waals surface area contributed by atoms with Gasteiger partial charge < -0.3 is 10.3 Å². The van der Waals surface area contributed by atoms with Crippen molar-refractivity contribution in [1.82, 2.24) is 9.97 Å². The normalized spacial score (nSPS) is 12.3. The molecular weight excluding hydrogens is 408 g/mol. The second-order valence-electron chi connectivity index (χ2n) is 7.15. The molecule has 4 aromatic rings. The monoisotopic (exact) mass is 427 g/mol. The standard InChI is InChI=1S/C23H20Cl2FN3/c1-13-14(2)28-22-18(13)9-10-27-23(22)21(29-17-6-4-16(26)5-7-17)12-15-3-8-19(24)20(25)11-15/h3-11,21,28-29H,12H2,1-2H3. The second kappa shape index (κ2) is 8.05. The number of H-pyrrole nitrogens is 1. The van der Waals surface area contributed by atoms with Gasteiger partial charge in [-0.2, -0.15) is 0 Å². The van der Waals surface area contributed by atoms with E-state index >= 15 is 0 Å². The first-order chi connectivity index (χ1) is 13.9. The van der Waals surface area contributed by atoms with Crippen molar-refractivity contribution in [3.63, 3.8) is 0 Å². The molecule has 0 spiro atoms. The van der Waals surface area contributed by atoms with Crippen LogP contribution in [0.15, 0.2) is 54.7 Å². The summed E-state index contributed by atoms with van der Waals surface area (Å²) in [7, 11) is 0. The summed E-state index contributed by atoms with van der Waals surface area (Å²) < 4.78 is 13.4. The SMILES string of the molecule is Cc1[nH]c2c(C(Cc3ccc(Cl)c(Cl)c3)Nc3ccc(F)cc3)nccc2c1C. The molecular formula is C23H20Cl2FN3. The molecule has 2 heterocycles. The molecule has 2 aromatic carbocycles. The molecule has 29 heavy (non-hydrogen) atoms. The summed E-state index contributed by atoms with van der Waals surface area (Å²) >= 11 is 12.3. The maximum Gasteiger partial charge on any atom is 0.123 e. The Kier molecular flexibility index (Phi) is 5.48. The molecule has 0 fully saturated rings. The lowest BCUT2D eigenvalue weighted by molar-refractivity contribution is 0.627. The molecule has 2 aromatic heterocycles. The number of pyridine rings is 1. The molecule has 0 bridgehead atoms. The Labute approximate surface area is 178 Å². The Balaban J connectivity index is 1.78. The molecule has 0 saturated carbocycles. The van der Waals surface area contributed by atoms with E-state index in [1.165, 1.54) is 17.7 Å². The summed E-state index contributed by atoms with van der Waals surface area (Å²) in [5.74, 6) is -0.271. The van der Waals surface area contributed by atoms with Crippen LogP contribution in [0.5, 0.6) is 0 Å². The first-order valence-electron chi connectivity index (χ1n) is 9.32. The van der Waals surface area contributed by atoms with Crippen LogP contribution in [-0.4, -0.2) is 9.97 Å². The number of rotatable bonds is 5. The summed E-state index contributed by atoms with van der Waals surface area (Å²) in [6.07, 6.45) is 2.46. The van der Waals surface area contributed by atoms with Gasteiger partial charge in [-0.05, 0) is 73.9 Å². The van der Waals surface area contributed by atoms with E-state index in [0.717, 1.165) is 33.5 Å². The molecule has 148 valence electrons. The number of hydrogen-bond acceptors (Lipinski definition) is 2. The van der Waals surface area contributed by atoms with Gasteiger partial charge in [-0.1, -0.05) is 29.3 Å². The van der Waals surface area contributed by atoms with Gasteiger partial charge in [-0.25, -0.2) is 4.39 Å². The van der Waals surface area contributed by atoms with Gasteiger partial charge in [0.15, 0.2) is 0 Å². The molecule has 3 nitrogen and oxygen atoms in total. The number of aromatic nitrogens is 2. The number of halogens is 3. The van der Waals surface area contributed by atoms with Crippen molar-refractivity contribution in [1.29, 1.82) is 0 Å². The van der Waals surface area contributed by atoms with E-state index in [1.54, 1.807) is 18.2 Å². The molecule has 1 atom stereocenters. The summed E-state index contributed by atoms with van der Waals surface area (Å²) in [5, 5.41) is 5.69. The van der Waals surface area contributed by atoms with Gasteiger partial charge in [0.1, 0.15) is 5.82 Å². The Morgan fingerprint density at radius 1 is 1.03 bits per heavy atom. The topological polar surface area (TPSA) is 40.7 Å². The van der Waals surface area contributed by atoms with Crippen molar-refractivity contribution >= 4 is 39.8 Å². The first-order valence-corrected chi connectivity index (χ1v) is 10.1. The lowest BCUT2D eigenvalue weighted by Gasteiger charge is -2.21. The zero-order valence-corrected chi connectivity index (χ0v) is 17.6. The number of hydrogen-bond donors (Lipinski definition) is 2. The molecule has 4 rings (SSSR count). The number of nitrogens with zero attached hydrogens (tertiary/aromatic N) is 1. The molecule has 0 saturated heterocycles. The van der Waals surface area contributed by atoms with Gasteiger partial charge in [0.25, 0.3) is 0 Å². The van der Waals surface area contributed by atoms with Gasteiger partial charge in [-0.15, -0.1) is 0 Å². The van der Waals surface area contributed by atoms with Gasteiger partial charge in [-0.3, -0.25) is 4.98 Å². The average molecular weight is 428 g/mol. The van der Waals surface area contributed by atoms with Crippen molar-refractivity contribution in [3.05, 3.63) is 93.1 Å². The number of aromatic amines is 1. The van der Waals surface area contributed by atoms with E-state index < -0.39 is 0 Å². The Morgan fingerprint density at radius 2 is 1.79 bits per heavy atom. The van der Waals surface area contributed by atoms with Crippen LogP contribution in [-0.2, 0) is 6.42 Å². The highest BCUT2D eigenvalue weighted by Crippen LogP contribution is 2.31. The van der Waals surface area contributed by atoms with Crippen molar-refractivity contribution < 1.29 is 4.39 Å². The second-order valence-corrected chi connectivity index (χ2v) is 7.96. The van der Waals surface area contributed by atoms with E-state index in [-0.39, 0.29) is 11.9 Å². The minimum Gasteiger partial charge on any atom is -0.376 e. The van der Waals surface area contributed by atoms with E-state index in [9.17, 15) is 4.39 Å². The number of nitrogens with one attached hydrogen (secondary N) is 2. The zero-order valence-electron chi connectivity index (χ0n) is 16.1. The highest BCUT2D eigenvalue weighted by atomic mass is 35.5. The third-order valence-corrected chi connectivity index (χ3v) is 5.94. The van der Waals surface area contributed by atoms with Crippen LogP contribution in [0.2, 0.25) is 10.0 Å². The van der Waals surface area contributed by atoms with Crippen LogP contribution in [0.25, 0.3) is 10.9 Å². The van der Waals surface area contributed by atoms with Crippen LogP contribution in [0.4, 0.5) is 10.1 Å². The summed E-state index contributed by atoms with van der Waals surface area (Å²) in [5.41, 5.74) is 6.06. The van der Waals surface area contributed by atoms with Crippen molar-refractivity contribution in [2.24, 2.45) is 0 Å². The van der Waals surface area contributed by atoms with Crippen LogP contribution in [0, 0.1) is 19.7 Å². The molecule has 0 aliphatic rings. The van der Waals surface area contributed by atoms with Crippen molar-refractivity contribution in [3.8, 4) is 0 Å². The first kappa shape index (κ1) is 19.7. The lowest BCUT2D eigenvalue weighted by atomic mass is 10.0. The predicted molar refractivity (Wildman–Crippen MR) is 118 cm³/mol. The fourth-order valence-corrected chi connectivity index (χ4v) is 3.86. The maximum atomic E-state index is 13.4. The number of anilines is 1. The smallest absolute Gasteiger partial charge is 0.123 e.